The van der Waals surface area contributed by atoms with E-state index in [-0.39, 0.29) is 18.6 Å². The molecule has 2 aromatic rings. The summed E-state index contributed by atoms with van der Waals surface area (Å²) in [6.45, 7) is 0.0698. The van der Waals surface area contributed by atoms with Gasteiger partial charge in [0.15, 0.2) is 0 Å². The van der Waals surface area contributed by atoms with Crippen LogP contribution in [0.2, 0.25) is 0 Å². The van der Waals surface area contributed by atoms with Crippen LogP contribution in [0.15, 0.2) is 48.5 Å². The van der Waals surface area contributed by atoms with E-state index >= 15 is 0 Å². The van der Waals surface area contributed by atoms with Gasteiger partial charge in [0.25, 0.3) is 5.91 Å². The van der Waals surface area contributed by atoms with Crippen molar-refractivity contribution in [1.29, 1.82) is 5.26 Å². The minimum atomic E-state index is -0.149. The molecule has 1 aliphatic carbocycles. The van der Waals surface area contributed by atoms with E-state index < -0.39 is 0 Å². The molecule has 1 amide bonds. The van der Waals surface area contributed by atoms with E-state index in [1.165, 1.54) is 0 Å². The van der Waals surface area contributed by atoms with Gasteiger partial charge in [-0.15, -0.1) is 0 Å². The maximum atomic E-state index is 12.8. The van der Waals surface area contributed by atoms with Crippen molar-refractivity contribution in [3.63, 3.8) is 0 Å². The lowest BCUT2D eigenvalue weighted by Gasteiger charge is -2.18. The Morgan fingerprint density at radius 3 is 2.50 bits per heavy atom. The number of benzene rings is 2. The predicted octanol–water partition coefficient (Wildman–Crippen LogP) is 3.12. The van der Waals surface area contributed by atoms with Gasteiger partial charge in [0.1, 0.15) is 0 Å². The molecule has 2 aromatic carbocycles. The molecule has 1 unspecified atom stereocenters. The number of nitrogens with one attached hydrogen (secondary N) is 1. The molecule has 0 saturated heterocycles. The second-order valence-electron chi connectivity index (χ2n) is 6.13. The highest BCUT2D eigenvalue weighted by Gasteiger charge is 2.32. The molecule has 0 bridgehead atoms. The van der Waals surface area contributed by atoms with E-state index in [2.05, 4.69) is 11.4 Å². The minimum Gasteiger partial charge on any atom is -0.396 e. The summed E-state index contributed by atoms with van der Waals surface area (Å²) in [5, 5.41) is 21.6. The average Bonchev–Trinajstić information content (AvgIpc) is 3.46. The molecule has 4 heteroatoms. The molecule has 1 saturated carbocycles. The molecule has 0 spiro atoms. The van der Waals surface area contributed by atoms with Crippen LogP contribution in [0.1, 0.15) is 35.2 Å². The van der Waals surface area contributed by atoms with Gasteiger partial charge < -0.3 is 10.4 Å². The fourth-order valence-corrected chi connectivity index (χ4v) is 3.04. The van der Waals surface area contributed by atoms with Gasteiger partial charge >= 0.3 is 0 Å². The van der Waals surface area contributed by atoms with E-state index in [1.807, 2.05) is 36.4 Å². The van der Waals surface area contributed by atoms with Crippen molar-refractivity contribution in [1.82, 2.24) is 5.32 Å². The van der Waals surface area contributed by atoms with Crippen molar-refractivity contribution in [3.8, 4) is 17.2 Å². The molecular formula is C20H20N2O2. The Hall–Kier alpha value is -2.64. The third kappa shape index (κ3) is 3.47. The number of carbonyl (C=O) groups excluding carboxylic acids is 1. The highest BCUT2D eigenvalue weighted by atomic mass is 16.3. The molecule has 0 heterocycles. The fraction of sp³-hybridized carbons (Fsp3) is 0.300. The lowest BCUT2D eigenvalue weighted by Crippen LogP contribution is -2.37. The maximum Gasteiger partial charge on any atom is 0.252 e. The van der Waals surface area contributed by atoms with Gasteiger partial charge in [-0.1, -0.05) is 36.4 Å². The molecule has 24 heavy (non-hydrogen) atoms. The Bertz CT molecular complexity index is 775. The second-order valence-corrected chi connectivity index (χ2v) is 6.13. The lowest BCUT2D eigenvalue weighted by atomic mass is 9.95. The monoisotopic (exact) mass is 320 g/mol. The van der Waals surface area contributed by atoms with Gasteiger partial charge in [-0.05, 0) is 42.9 Å². The number of nitrogens with zero attached hydrogens (tertiary/aromatic N) is 1. The first kappa shape index (κ1) is 16.2. The predicted molar refractivity (Wildman–Crippen MR) is 92.3 cm³/mol. The summed E-state index contributed by atoms with van der Waals surface area (Å²) < 4.78 is 0. The van der Waals surface area contributed by atoms with Crippen molar-refractivity contribution in [2.45, 2.75) is 25.3 Å². The highest BCUT2D eigenvalue weighted by molar-refractivity contribution is 6.01. The number of aliphatic hydroxyl groups is 1. The molecule has 1 aliphatic rings. The third-order valence-corrected chi connectivity index (χ3v) is 4.46. The Kier molecular flexibility index (Phi) is 4.93. The molecule has 0 aromatic heterocycles. The number of hydrogen-bond donors (Lipinski definition) is 2. The van der Waals surface area contributed by atoms with Crippen LogP contribution in [0.5, 0.6) is 0 Å². The van der Waals surface area contributed by atoms with Crippen molar-refractivity contribution in [2.24, 2.45) is 5.92 Å². The van der Waals surface area contributed by atoms with Crippen LogP contribution in [0.4, 0.5) is 0 Å². The lowest BCUT2D eigenvalue weighted by molar-refractivity contribution is 0.0925. The average molecular weight is 320 g/mol. The van der Waals surface area contributed by atoms with Gasteiger partial charge in [-0.2, -0.15) is 5.26 Å². The van der Waals surface area contributed by atoms with Crippen molar-refractivity contribution >= 4 is 5.91 Å². The first-order valence-corrected chi connectivity index (χ1v) is 8.25. The van der Waals surface area contributed by atoms with E-state index in [0.717, 1.165) is 24.0 Å². The molecule has 122 valence electrons. The highest BCUT2D eigenvalue weighted by Crippen LogP contribution is 2.34. The largest absolute Gasteiger partial charge is 0.396 e. The minimum absolute atomic E-state index is 0.0155. The molecule has 1 fully saturated rings. The number of amides is 1. The first-order chi connectivity index (χ1) is 11.7. The van der Waals surface area contributed by atoms with E-state index in [0.29, 0.717) is 23.5 Å². The summed E-state index contributed by atoms with van der Waals surface area (Å²) in [6.07, 6.45) is 2.78. The summed E-state index contributed by atoms with van der Waals surface area (Å²) in [5.41, 5.74) is 2.62. The topological polar surface area (TPSA) is 73.1 Å². The van der Waals surface area contributed by atoms with Gasteiger partial charge in [0.2, 0.25) is 0 Å². The molecule has 3 rings (SSSR count). The van der Waals surface area contributed by atoms with Crippen LogP contribution in [0.3, 0.4) is 0 Å². The number of hydrogen-bond acceptors (Lipinski definition) is 3. The van der Waals surface area contributed by atoms with Gasteiger partial charge in [0.05, 0.1) is 11.6 Å². The van der Waals surface area contributed by atoms with Gasteiger partial charge in [-0.25, -0.2) is 0 Å². The first-order valence-electron chi connectivity index (χ1n) is 8.25. The maximum absolute atomic E-state index is 12.8. The van der Waals surface area contributed by atoms with Gasteiger partial charge in [0, 0.05) is 23.8 Å². The zero-order valence-electron chi connectivity index (χ0n) is 13.4. The van der Waals surface area contributed by atoms with Crippen molar-refractivity contribution < 1.29 is 9.90 Å². The van der Waals surface area contributed by atoms with Crippen molar-refractivity contribution in [3.05, 3.63) is 59.7 Å². The SMILES string of the molecule is N#Cc1ccccc1-c1ccccc1C(=O)NC(CCO)C1CC1. The summed E-state index contributed by atoms with van der Waals surface area (Å²) in [5.74, 6) is 0.323. The molecule has 4 nitrogen and oxygen atoms in total. The van der Waals surface area contributed by atoms with Crippen LogP contribution in [-0.4, -0.2) is 23.7 Å². The molecule has 1 atom stereocenters. The standard InChI is InChI=1S/C20H20N2O2/c21-13-15-5-1-2-6-16(15)17-7-3-4-8-18(17)20(24)22-19(11-12-23)14-9-10-14/h1-8,14,19,23H,9-12H2,(H,22,24). The third-order valence-electron chi connectivity index (χ3n) is 4.46. The zero-order chi connectivity index (χ0) is 16.9. The van der Waals surface area contributed by atoms with E-state index in [1.54, 1.807) is 12.1 Å². The Balaban J connectivity index is 1.91. The fourth-order valence-electron chi connectivity index (χ4n) is 3.04. The number of carbonyl (C=O) groups is 1. The summed E-state index contributed by atoms with van der Waals surface area (Å²) in [6, 6.07) is 16.8. The van der Waals surface area contributed by atoms with E-state index in [9.17, 15) is 15.2 Å². The second kappa shape index (κ2) is 7.29. The normalized spacial score (nSPS) is 14.7. The Labute approximate surface area is 141 Å². The smallest absolute Gasteiger partial charge is 0.252 e. The van der Waals surface area contributed by atoms with Gasteiger partial charge in [-0.3, -0.25) is 4.79 Å². The van der Waals surface area contributed by atoms with Crippen LogP contribution >= 0.6 is 0 Å². The zero-order valence-corrected chi connectivity index (χ0v) is 13.4. The molecule has 0 aliphatic heterocycles. The summed E-state index contributed by atoms with van der Waals surface area (Å²) in [4.78, 5) is 12.8. The van der Waals surface area contributed by atoms with Crippen LogP contribution in [0.25, 0.3) is 11.1 Å². The molecule has 2 N–H and O–H groups in total. The summed E-state index contributed by atoms with van der Waals surface area (Å²) in [7, 11) is 0. The molecular weight excluding hydrogens is 300 g/mol. The Morgan fingerprint density at radius 1 is 1.17 bits per heavy atom. The summed E-state index contributed by atoms with van der Waals surface area (Å²) >= 11 is 0. The number of aliphatic hydroxyl groups excluding tert-OH is 1. The quantitative estimate of drug-likeness (QED) is 0.859. The Morgan fingerprint density at radius 2 is 1.83 bits per heavy atom. The van der Waals surface area contributed by atoms with Crippen LogP contribution in [-0.2, 0) is 0 Å². The number of nitriles is 1. The van der Waals surface area contributed by atoms with Crippen molar-refractivity contribution in [2.75, 3.05) is 6.61 Å². The van der Waals surface area contributed by atoms with Crippen LogP contribution in [0, 0.1) is 17.2 Å². The van der Waals surface area contributed by atoms with E-state index in [4.69, 9.17) is 0 Å². The number of rotatable bonds is 6. The molecule has 0 radical (unpaired) electrons. The van der Waals surface area contributed by atoms with Crippen LogP contribution < -0.4 is 5.32 Å².